The van der Waals surface area contributed by atoms with Crippen LogP contribution in [-0.4, -0.2) is 39.4 Å². The lowest BCUT2D eigenvalue weighted by atomic mass is 10.3. The summed E-state index contributed by atoms with van der Waals surface area (Å²) in [6, 6.07) is 0. The summed E-state index contributed by atoms with van der Waals surface area (Å²) in [5, 5.41) is 3.34. The lowest BCUT2D eigenvalue weighted by Crippen LogP contribution is -2.20. The van der Waals surface area contributed by atoms with Gasteiger partial charge in [0.05, 0.1) is 25.0 Å². The van der Waals surface area contributed by atoms with Gasteiger partial charge in [-0.2, -0.15) is 0 Å². The number of imidazole rings is 2. The fraction of sp³-hybridized carbons (Fsp3) is 0.571. The SMILES string of the molecule is COCCNCc1cncn1CCCCn1ccnc1. The smallest absolute Gasteiger partial charge is 0.0948 e. The van der Waals surface area contributed by atoms with Crippen LogP contribution < -0.4 is 5.32 Å². The summed E-state index contributed by atoms with van der Waals surface area (Å²) in [5.74, 6) is 0. The number of rotatable bonds is 10. The molecule has 0 atom stereocenters. The quantitative estimate of drug-likeness (QED) is 0.665. The van der Waals surface area contributed by atoms with Gasteiger partial charge in [0.25, 0.3) is 0 Å². The van der Waals surface area contributed by atoms with Gasteiger partial charge in [0.1, 0.15) is 0 Å². The molecule has 110 valence electrons. The molecule has 0 aromatic carbocycles. The first-order valence-electron chi connectivity index (χ1n) is 7.04. The molecular formula is C14H23N5O. The first-order valence-corrected chi connectivity index (χ1v) is 7.04. The minimum atomic E-state index is 0.735. The van der Waals surface area contributed by atoms with Gasteiger partial charge < -0.3 is 19.2 Å². The van der Waals surface area contributed by atoms with Crippen LogP contribution in [0.15, 0.2) is 31.2 Å². The Labute approximate surface area is 119 Å². The third-order valence-corrected chi connectivity index (χ3v) is 3.21. The maximum Gasteiger partial charge on any atom is 0.0948 e. The average Bonchev–Trinajstić information content (AvgIpc) is 3.11. The van der Waals surface area contributed by atoms with Gasteiger partial charge >= 0.3 is 0 Å². The van der Waals surface area contributed by atoms with Crippen LogP contribution in [0.25, 0.3) is 0 Å². The summed E-state index contributed by atoms with van der Waals surface area (Å²) in [7, 11) is 1.71. The van der Waals surface area contributed by atoms with E-state index in [-0.39, 0.29) is 0 Å². The molecular weight excluding hydrogens is 254 g/mol. The second kappa shape index (κ2) is 8.50. The summed E-state index contributed by atoms with van der Waals surface area (Å²) < 4.78 is 9.34. The monoisotopic (exact) mass is 277 g/mol. The highest BCUT2D eigenvalue weighted by atomic mass is 16.5. The van der Waals surface area contributed by atoms with Crippen molar-refractivity contribution in [3.05, 3.63) is 36.9 Å². The Hall–Kier alpha value is -1.66. The number of hydrogen-bond acceptors (Lipinski definition) is 4. The molecule has 0 aliphatic rings. The van der Waals surface area contributed by atoms with Crippen molar-refractivity contribution in [1.82, 2.24) is 24.4 Å². The number of ether oxygens (including phenoxy) is 1. The van der Waals surface area contributed by atoms with Crippen LogP contribution in [0.4, 0.5) is 0 Å². The van der Waals surface area contributed by atoms with E-state index in [0.717, 1.165) is 45.6 Å². The molecule has 20 heavy (non-hydrogen) atoms. The third-order valence-electron chi connectivity index (χ3n) is 3.21. The lowest BCUT2D eigenvalue weighted by Gasteiger charge is -2.09. The van der Waals surface area contributed by atoms with E-state index < -0.39 is 0 Å². The molecule has 0 saturated heterocycles. The minimum Gasteiger partial charge on any atom is -0.383 e. The lowest BCUT2D eigenvalue weighted by molar-refractivity contribution is 0.199. The van der Waals surface area contributed by atoms with Crippen molar-refractivity contribution < 1.29 is 4.74 Å². The van der Waals surface area contributed by atoms with E-state index >= 15 is 0 Å². The molecule has 0 amide bonds. The predicted molar refractivity (Wildman–Crippen MR) is 77.3 cm³/mol. The van der Waals surface area contributed by atoms with Gasteiger partial charge in [0, 0.05) is 51.9 Å². The summed E-state index contributed by atoms with van der Waals surface area (Å²) >= 11 is 0. The molecule has 0 fully saturated rings. The number of methoxy groups -OCH3 is 1. The summed E-state index contributed by atoms with van der Waals surface area (Å²) in [4.78, 5) is 8.27. The Balaban J connectivity index is 1.66. The molecule has 0 saturated carbocycles. The van der Waals surface area contributed by atoms with Gasteiger partial charge in [-0.3, -0.25) is 0 Å². The highest BCUT2D eigenvalue weighted by Gasteiger charge is 2.01. The normalized spacial score (nSPS) is 11.1. The zero-order valence-electron chi connectivity index (χ0n) is 12.0. The summed E-state index contributed by atoms with van der Waals surface area (Å²) in [6.07, 6.45) is 11.8. The van der Waals surface area contributed by atoms with E-state index in [4.69, 9.17) is 4.74 Å². The van der Waals surface area contributed by atoms with Gasteiger partial charge in [-0.05, 0) is 12.8 Å². The van der Waals surface area contributed by atoms with Crippen LogP contribution in [0, 0.1) is 0 Å². The molecule has 6 nitrogen and oxygen atoms in total. The molecule has 0 bridgehead atoms. The molecule has 0 spiro atoms. The van der Waals surface area contributed by atoms with Crippen molar-refractivity contribution in [1.29, 1.82) is 0 Å². The Kier molecular flexibility index (Phi) is 6.26. The van der Waals surface area contributed by atoms with E-state index in [0.29, 0.717) is 0 Å². The van der Waals surface area contributed by atoms with E-state index in [9.17, 15) is 0 Å². The number of aromatic nitrogens is 4. The standard InChI is InChI=1S/C14H23N5O/c1-20-9-5-15-10-14-11-17-13-19(14)7-3-2-6-18-8-4-16-12-18/h4,8,11-13,15H,2-3,5-7,9-10H2,1H3. The van der Waals surface area contributed by atoms with Gasteiger partial charge in [-0.25, -0.2) is 9.97 Å². The highest BCUT2D eigenvalue weighted by molar-refractivity contribution is 4.97. The molecule has 0 aliphatic carbocycles. The topological polar surface area (TPSA) is 56.9 Å². The van der Waals surface area contributed by atoms with Crippen molar-refractivity contribution in [3.63, 3.8) is 0 Å². The Bertz CT molecular complexity index is 466. The molecule has 2 aromatic rings. The first kappa shape index (κ1) is 14.7. The van der Waals surface area contributed by atoms with Crippen LogP contribution in [0.1, 0.15) is 18.5 Å². The second-order valence-corrected chi connectivity index (χ2v) is 4.76. The van der Waals surface area contributed by atoms with E-state index in [2.05, 4.69) is 24.4 Å². The minimum absolute atomic E-state index is 0.735. The van der Waals surface area contributed by atoms with Gasteiger partial charge in [0.2, 0.25) is 0 Å². The van der Waals surface area contributed by atoms with Crippen LogP contribution >= 0.6 is 0 Å². The number of unbranched alkanes of at least 4 members (excludes halogenated alkanes) is 1. The van der Waals surface area contributed by atoms with Crippen molar-refractivity contribution in [3.8, 4) is 0 Å². The van der Waals surface area contributed by atoms with Crippen LogP contribution in [0.2, 0.25) is 0 Å². The van der Waals surface area contributed by atoms with Gasteiger partial charge in [-0.15, -0.1) is 0 Å². The molecule has 0 aliphatic heterocycles. The molecule has 2 aromatic heterocycles. The number of nitrogens with one attached hydrogen (secondary N) is 1. The summed E-state index contributed by atoms with van der Waals surface area (Å²) in [5.41, 5.74) is 1.23. The average molecular weight is 277 g/mol. The fourth-order valence-electron chi connectivity index (χ4n) is 2.08. The van der Waals surface area contributed by atoms with E-state index in [1.54, 1.807) is 7.11 Å². The highest BCUT2D eigenvalue weighted by Crippen LogP contribution is 2.03. The first-order chi connectivity index (χ1) is 9.90. The Morgan fingerprint density at radius 3 is 2.90 bits per heavy atom. The number of nitrogens with zero attached hydrogens (tertiary/aromatic N) is 4. The zero-order chi connectivity index (χ0) is 14.0. The number of hydrogen-bond donors (Lipinski definition) is 1. The van der Waals surface area contributed by atoms with Crippen molar-refractivity contribution in [2.75, 3.05) is 20.3 Å². The van der Waals surface area contributed by atoms with Crippen LogP contribution in [0.3, 0.4) is 0 Å². The fourth-order valence-corrected chi connectivity index (χ4v) is 2.08. The molecule has 0 radical (unpaired) electrons. The Morgan fingerprint density at radius 1 is 1.20 bits per heavy atom. The molecule has 0 unspecified atom stereocenters. The maximum absolute atomic E-state index is 5.01. The summed E-state index contributed by atoms with van der Waals surface area (Å²) in [6.45, 7) is 4.47. The molecule has 6 heteroatoms. The molecule has 2 rings (SSSR count). The largest absolute Gasteiger partial charge is 0.383 e. The second-order valence-electron chi connectivity index (χ2n) is 4.76. The van der Waals surface area contributed by atoms with Gasteiger partial charge in [-0.1, -0.05) is 0 Å². The van der Waals surface area contributed by atoms with E-state index in [1.807, 2.05) is 31.2 Å². The van der Waals surface area contributed by atoms with Crippen molar-refractivity contribution >= 4 is 0 Å². The van der Waals surface area contributed by atoms with E-state index in [1.165, 1.54) is 5.69 Å². The Morgan fingerprint density at radius 2 is 2.10 bits per heavy atom. The van der Waals surface area contributed by atoms with Crippen LogP contribution in [-0.2, 0) is 24.4 Å². The maximum atomic E-state index is 5.01. The molecule has 1 N–H and O–H groups in total. The van der Waals surface area contributed by atoms with Crippen molar-refractivity contribution in [2.24, 2.45) is 0 Å². The van der Waals surface area contributed by atoms with Crippen LogP contribution in [0.5, 0.6) is 0 Å². The molecule has 2 heterocycles. The number of aryl methyl sites for hydroxylation is 2. The van der Waals surface area contributed by atoms with Gasteiger partial charge in [0.15, 0.2) is 0 Å². The zero-order valence-corrected chi connectivity index (χ0v) is 12.0. The predicted octanol–water partition coefficient (Wildman–Crippen LogP) is 1.30. The third kappa shape index (κ3) is 4.79. The van der Waals surface area contributed by atoms with Crippen molar-refractivity contribution in [2.45, 2.75) is 32.5 Å².